The van der Waals surface area contributed by atoms with Gasteiger partial charge in [0.25, 0.3) is 0 Å². The molecule has 4 rings (SSSR count). The molecule has 1 aliphatic carbocycles. The van der Waals surface area contributed by atoms with Crippen molar-refractivity contribution >= 4 is 5.91 Å². The summed E-state index contributed by atoms with van der Waals surface area (Å²) in [5.74, 6) is 0.387. The zero-order valence-corrected chi connectivity index (χ0v) is 13.8. The van der Waals surface area contributed by atoms with Crippen molar-refractivity contribution < 1.29 is 14.3 Å². The Morgan fingerprint density at radius 3 is 3.04 bits per heavy atom. The highest BCUT2D eigenvalue weighted by atomic mass is 16.5. The van der Waals surface area contributed by atoms with Gasteiger partial charge in [-0.1, -0.05) is 18.2 Å². The highest BCUT2D eigenvalue weighted by Gasteiger charge is 2.47. The third-order valence-corrected chi connectivity index (χ3v) is 5.30. The number of fused-ring (bicyclic) bond motifs is 1. The maximum Gasteiger partial charge on any atom is 0.226 e. The molecule has 3 aliphatic rings. The van der Waals surface area contributed by atoms with Gasteiger partial charge in [-0.3, -0.25) is 9.78 Å². The average Bonchev–Trinajstić information content (AvgIpc) is 3.29. The Balaban J connectivity index is 1.43. The summed E-state index contributed by atoms with van der Waals surface area (Å²) in [6.07, 6.45) is 11.5. The molecule has 0 bridgehead atoms. The summed E-state index contributed by atoms with van der Waals surface area (Å²) in [4.78, 5) is 19.0. The number of allylic oxidation sites excluding steroid dienone is 2. The first-order valence-electron chi connectivity index (χ1n) is 8.90. The number of carbonyl (C=O) groups is 1. The minimum Gasteiger partial charge on any atom is -0.373 e. The molecule has 5 heteroatoms. The summed E-state index contributed by atoms with van der Waals surface area (Å²) < 4.78 is 12.1. The normalized spacial score (nSPS) is 29.8. The SMILES string of the molecule is O=C(C1CC=CC1)N1C[C@@H](OCc2cccnc2)[C@@H]2OCCC[C@@H]21. The van der Waals surface area contributed by atoms with Crippen molar-refractivity contribution in [3.05, 3.63) is 42.2 Å². The van der Waals surface area contributed by atoms with Crippen LogP contribution < -0.4 is 0 Å². The Hall–Kier alpha value is -1.72. The lowest BCUT2D eigenvalue weighted by Crippen LogP contribution is -2.45. The topological polar surface area (TPSA) is 51.7 Å². The minimum atomic E-state index is -0.0474. The van der Waals surface area contributed by atoms with Crippen LogP contribution in [0.2, 0.25) is 0 Å². The number of hydrogen-bond acceptors (Lipinski definition) is 4. The Bertz CT molecular complexity index is 596. The first-order chi connectivity index (χ1) is 11.8. The minimum absolute atomic E-state index is 0.00809. The Kier molecular flexibility index (Phi) is 4.63. The van der Waals surface area contributed by atoms with Gasteiger partial charge >= 0.3 is 0 Å². The van der Waals surface area contributed by atoms with Crippen molar-refractivity contribution in [1.82, 2.24) is 9.88 Å². The smallest absolute Gasteiger partial charge is 0.226 e. The van der Waals surface area contributed by atoms with E-state index in [2.05, 4.69) is 17.1 Å². The third-order valence-electron chi connectivity index (χ3n) is 5.30. The molecular weight excluding hydrogens is 304 g/mol. The van der Waals surface area contributed by atoms with Crippen LogP contribution >= 0.6 is 0 Å². The number of carbonyl (C=O) groups excluding carboxylic acids is 1. The Morgan fingerprint density at radius 2 is 2.25 bits per heavy atom. The van der Waals surface area contributed by atoms with Gasteiger partial charge in [0.1, 0.15) is 12.2 Å². The summed E-state index contributed by atoms with van der Waals surface area (Å²) >= 11 is 0. The van der Waals surface area contributed by atoms with E-state index < -0.39 is 0 Å². The first kappa shape index (κ1) is 15.8. The van der Waals surface area contributed by atoms with Gasteiger partial charge in [-0.05, 0) is 37.3 Å². The van der Waals surface area contributed by atoms with Gasteiger partial charge in [0.15, 0.2) is 0 Å². The summed E-state index contributed by atoms with van der Waals surface area (Å²) in [6, 6.07) is 4.09. The maximum absolute atomic E-state index is 12.9. The molecule has 1 amide bonds. The molecule has 1 aromatic heterocycles. The van der Waals surface area contributed by atoms with E-state index in [4.69, 9.17) is 9.47 Å². The molecule has 2 fully saturated rings. The molecule has 0 spiro atoms. The number of amides is 1. The summed E-state index contributed by atoms with van der Waals surface area (Å²) in [7, 11) is 0. The second-order valence-corrected chi connectivity index (χ2v) is 6.89. The van der Waals surface area contributed by atoms with Gasteiger partial charge in [-0.25, -0.2) is 0 Å². The second-order valence-electron chi connectivity index (χ2n) is 6.89. The van der Waals surface area contributed by atoms with Crippen LogP contribution in [0.1, 0.15) is 31.2 Å². The van der Waals surface area contributed by atoms with E-state index in [1.807, 2.05) is 23.2 Å². The molecule has 128 valence electrons. The summed E-state index contributed by atoms with van der Waals surface area (Å²) in [5.41, 5.74) is 1.05. The number of likely N-dealkylation sites (tertiary alicyclic amines) is 1. The number of rotatable bonds is 4. The van der Waals surface area contributed by atoms with E-state index in [0.29, 0.717) is 13.2 Å². The number of aromatic nitrogens is 1. The van der Waals surface area contributed by atoms with Crippen LogP contribution in [0.15, 0.2) is 36.7 Å². The van der Waals surface area contributed by atoms with Crippen LogP contribution in [-0.4, -0.2) is 47.2 Å². The number of hydrogen-bond donors (Lipinski definition) is 0. The molecule has 3 atom stereocenters. The van der Waals surface area contributed by atoms with Gasteiger partial charge < -0.3 is 14.4 Å². The summed E-state index contributed by atoms with van der Waals surface area (Å²) in [5, 5.41) is 0. The van der Waals surface area contributed by atoms with Crippen LogP contribution in [0.5, 0.6) is 0 Å². The molecule has 5 nitrogen and oxygen atoms in total. The second kappa shape index (κ2) is 7.03. The highest BCUT2D eigenvalue weighted by Crippen LogP contribution is 2.33. The van der Waals surface area contributed by atoms with Crippen molar-refractivity contribution in [2.75, 3.05) is 13.2 Å². The Labute approximate surface area is 142 Å². The van der Waals surface area contributed by atoms with Crippen molar-refractivity contribution in [1.29, 1.82) is 0 Å². The largest absolute Gasteiger partial charge is 0.373 e. The molecule has 0 saturated carbocycles. The molecule has 1 aromatic rings. The van der Waals surface area contributed by atoms with E-state index in [1.165, 1.54) is 0 Å². The number of ether oxygens (including phenoxy) is 2. The predicted octanol–water partition coefficient (Wildman–Crippen LogP) is 2.32. The van der Waals surface area contributed by atoms with Gasteiger partial charge in [0, 0.05) is 31.5 Å². The fourth-order valence-electron chi connectivity index (χ4n) is 4.05. The van der Waals surface area contributed by atoms with E-state index in [0.717, 1.165) is 37.9 Å². The fraction of sp³-hybridized carbons (Fsp3) is 0.579. The molecule has 3 heterocycles. The van der Waals surface area contributed by atoms with E-state index in [1.54, 1.807) is 6.20 Å². The molecule has 2 aliphatic heterocycles. The zero-order chi connectivity index (χ0) is 16.4. The van der Waals surface area contributed by atoms with E-state index >= 15 is 0 Å². The van der Waals surface area contributed by atoms with Crippen molar-refractivity contribution in [2.45, 2.75) is 50.5 Å². The predicted molar refractivity (Wildman–Crippen MR) is 89.2 cm³/mol. The van der Waals surface area contributed by atoms with Gasteiger partial charge in [0.05, 0.1) is 12.6 Å². The van der Waals surface area contributed by atoms with Crippen LogP contribution in [0, 0.1) is 5.92 Å². The molecule has 0 aromatic carbocycles. The first-order valence-corrected chi connectivity index (χ1v) is 8.90. The lowest BCUT2D eigenvalue weighted by atomic mass is 10.0. The zero-order valence-electron chi connectivity index (χ0n) is 13.8. The van der Waals surface area contributed by atoms with E-state index in [9.17, 15) is 4.79 Å². The van der Waals surface area contributed by atoms with Crippen molar-refractivity contribution in [3.63, 3.8) is 0 Å². The fourth-order valence-corrected chi connectivity index (χ4v) is 4.05. The Morgan fingerprint density at radius 1 is 1.38 bits per heavy atom. The van der Waals surface area contributed by atoms with Crippen LogP contribution in [0.3, 0.4) is 0 Å². The van der Waals surface area contributed by atoms with Crippen LogP contribution in [0.25, 0.3) is 0 Å². The van der Waals surface area contributed by atoms with Gasteiger partial charge in [-0.15, -0.1) is 0 Å². The van der Waals surface area contributed by atoms with Crippen molar-refractivity contribution in [2.24, 2.45) is 5.92 Å². The lowest BCUT2D eigenvalue weighted by molar-refractivity contribution is -0.138. The maximum atomic E-state index is 12.9. The molecule has 0 unspecified atom stereocenters. The molecular formula is C19H24N2O3. The summed E-state index contributed by atoms with van der Waals surface area (Å²) in [6.45, 7) is 1.92. The van der Waals surface area contributed by atoms with Gasteiger partial charge in [0.2, 0.25) is 5.91 Å². The van der Waals surface area contributed by atoms with Crippen molar-refractivity contribution in [3.8, 4) is 0 Å². The number of nitrogens with zero attached hydrogens (tertiary/aromatic N) is 2. The molecule has 24 heavy (non-hydrogen) atoms. The number of pyridine rings is 1. The third kappa shape index (κ3) is 3.10. The van der Waals surface area contributed by atoms with Crippen LogP contribution in [-0.2, 0) is 20.9 Å². The average molecular weight is 328 g/mol. The standard InChI is InChI=1S/C19H24N2O3/c22-19(15-6-1-2-7-15)21-12-17(18-16(21)8-4-10-23-18)24-13-14-5-3-9-20-11-14/h1-3,5,9,11,15-18H,4,6-8,10,12-13H2/t16-,17+,18+/m0/s1. The highest BCUT2D eigenvalue weighted by molar-refractivity contribution is 5.80. The van der Waals surface area contributed by atoms with Crippen LogP contribution in [0.4, 0.5) is 0 Å². The molecule has 0 radical (unpaired) electrons. The quantitative estimate of drug-likeness (QED) is 0.796. The molecule has 2 saturated heterocycles. The molecule has 0 N–H and O–H groups in total. The van der Waals surface area contributed by atoms with Gasteiger partial charge in [-0.2, -0.15) is 0 Å². The monoisotopic (exact) mass is 328 g/mol. The van der Waals surface area contributed by atoms with E-state index in [-0.39, 0.29) is 30.1 Å². The lowest BCUT2D eigenvalue weighted by Gasteiger charge is -2.33.